The smallest absolute Gasteiger partial charge is 0.168 e. The van der Waals surface area contributed by atoms with Gasteiger partial charge in [0.05, 0.1) is 6.10 Å². The van der Waals surface area contributed by atoms with E-state index in [-0.39, 0.29) is 11.2 Å². The van der Waals surface area contributed by atoms with E-state index in [1.807, 2.05) is 24.3 Å². The van der Waals surface area contributed by atoms with E-state index in [2.05, 4.69) is 19.2 Å². The number of piperidine rings is 1. The number of carbonyl (C=O) groups is 1. The van der Waals surface area contributed by atoms with E-state index in [1.165, 1.54) is 0 Å². The Morgan fingerprint density at radius 2 is 1.90 bits per heavy atom. The van der Waals surface area contributed by atoms with Crippen molar-refractivity contribution in [2.45, 2.75) is 45.6 Å². The summed E-state index contributed by atoms with van der Waals surface area (Å²) in [7, 11) is 0. The van der Waals surface area contributed by atoms with E-state index >= 15 is 0 Å². The standard InChI is InChI=1S/C18H25NO2/c1-18(2,14-4-3-11-19-12-14)17(20)13-5-7-15(8-6-13)21-16-9-10-16/h5-8,14,16,19H,3-4,9-12H2,1-2H3. The van der Waals surface area contributed by atoms with Crippen molar-refractivity contribution in [1.29, 1.82) is 0 Å². The van der Waals surface area contributed by atoms with Gasteiger partial charge in [0.15, 0.2) is 5.78 Å². The van der Waals surface area contributed by atoms with Crippen LogP contribution in [0.25, 0.3) is 0 Å². The molecule has 0 aromatic heterocycles. The Morgan fingerprint density at radius 1 is 1.19 bits per heavy atom. The molecule has 114 valence electrons. The third-order valence-corrected chi connectivity index (χ3v) is 4.85. The molecule has 3 rings (SSSR count). The van der Waals surface area contributed by atoms with Gasteiger partial charge in [-0.05, 0) is 69.0 Å². The van der Waals surface area contributed by atoms with Gasteiger partial charge in [-0.2, -0.15) is 0 Å². The molecule has 1 aromatic carbocycles. The summed E-state index contributed by atoms with van der Waals surface area (Å²) in [5.41, 5.74) is 0.487. The summed E-state index contributed by atoms with van der Waals surface area (Å²) in [6, 6.07) is 7.69. The minimum absolute atomic E-state index is 0.245. The van der Waals surface area contributed by atoms with Crippen molar-refractivity contribution in [3.05, 3.63) is 29.8 Å². The maximum Gasteiger partial charge on any atom is 0.168 e. The molecule has 1 aromatic rings. The number of carbonyl (C=O) groups excluding carboxylic acids is 1. The van der Waals surface area contributed by atoms with Crippen LogP contribution in [0.1, 0.15) is 49.9 Å². The minimum Gasteiger partial charge on any atom is -0.490 e. The number of hydrogen-bond acceptors (Lipinski definition) is 3. The zero-order chi connectivity index (χ0) is 14.9. The van der Waals surface area contributed by atoms with E-state index in [0.29, 0.717) is 12.0 Å². The molecule has 3 nitrogen and oxygen atoms in total. The van der Waals surface area contributed by atoms with Gasteiger partial charge in [-0.3, -0.25) is 4.79 Å². The van der Waals surface area contributed by atoms with E-state index in [0.717, 1.165) is 50.1 Å². The molecule has 1 heterocycles. The fourth-order valence-electron chi connectivity index (χ4n) is 3.09. The first-order valence-corrected chi connectivity index (χ1v) is 8.09. The lowest BCUT2D eigenvalue weighted by Crippen LogP contribution is -2.42. The van der Waals surface area contributed by atoms with Crippen LogP contribution in [0, 0.1) is 11.3 Å². The molecule has 1 aliphatic heterocycles. The second kappa shape index (κ2) is 5.80. The maximum absolute atomic E-state index is 12.8. The monoisotopic (exact) mass is 287 g/mol. The van der Waals surface area contributed by atoms with Crippen LogP contribution in [0.5, 0.6) is 5.75 Å². The van der Waals surface area contributed by atoms with Crippen LogP contribution in [0.3, 0.4) is 0 Å². The molecule has 1 atom stereocenters. The van der Waals surface area contributed by atoms with Gasteiger partial charge < -0.3 is 10.1 Å². The average molecular weight is 287 g/mol. The highest BCUT2D eigenvalue weighted by atomic mass is 16.5. The lowest BCUT2D eigenvalue weighted by Gasteiger charge is -2.36. The van der Waals surface area contributed by atoms with Crippen molar-refractivity contribution in [1.82, 2.24) is 5.32 Å². The molecule has 0 amide bonds. The number of ketones is 1. The summed E-state index contributed by atoms with van der Waals surface area (Å²) in [6.45, 7) is 6.19. The Balaban J connectivity index is 1.70. The van der Waals surface area contributed by atoms with E-state index in [1.54, 1.807) is 0 Å². The summed E-state index contributed by atoms with van der Waals surface area (Å²) >= 11 is 0. The van der Waals surface area contributed by atoms with Crippen LogP contribution in [0.15, 0.2) is 24.3 Å². The third kappa shape index (κ3) is 3.29. The first kappa shape index (κ1) is 14.6. The van der Waals surface area contributed by atoms with Crippen molar-refractivity contribution in [3.8, 4) is 5.75 Å². The normalized spacial score (nSPS) is 22.9. The van der Waals surface area contributed by atoms with Crippen molar-refractivity contribution >= 4 is 5.78 Å². The highest BCUT2D eigenvalue weighted by Gasteiger charge is 2.37. The Labute approximate surface area is 127 Å². The molecule has 0 bridgehead atoms. The molecule has 1 aliphatic carbocycles. The Hall–Kier alpha value is -1.35. The average Bonchev–Trinajstić information content (AvgIpc) is 3.32. The zero-order valence-electron chi connectivity index (χ0n) is 13.0. The molecule has 1 saturated heterocycles. The van der Waals surface area contributed by atoms with Crippen LogP contribution in [0.4, 0.5) is 0 Å². The lowest BCUT2D eigenvalue weighted by atomic mass is 9.70. The second-order valence-electron chi connectivity index (χ2n) is 6.94. The molecule has 3 heteroatoms. The van der Waals surface area contributed by atoms with Crippen LogP contribution < -0.4 is 10.1 Å². The highest BCUT2D eigenvalue weighted by Crippen LogP contribution is 2.35. The Bertz CT molecular complexity index is 496. The third-order valence-electron chi connectivity index (χ3n) is 4.85. The fourth-order valence-corrected chi connectivity index (χ4v) is 3.09. The Morgan fingerprint density at radius 3 is 2.48 bits per heavy atom. The van der Waals surface area contributed by atoms with Crippen molar-refractivity contribution in [3.63, 3.8) is 0 Å². The minimum atomic E-state index is -0.313. The van der Waals surface area contributed by atoms with Gasteiger partial charge in [0.1, 0.15) is 5.75 Å². The van der Waals surface area contributed by atoms with Gasteiger partial charge in [-0.15, -0.1) is 0 Å². The first-order valence-electron chi connectivity index (χ1n) is 8.09. The van der Waals surface area contributed by atoms with E-state index in [4.69, 9.17) is 4.74 Å². The lowest BCUT2D eigenvalue weighted by molar-refractivity contribution is 0.0708. The van der Waals surface area contributed by atoms with Crippen LogP contribution >= 0.6 is 0 Å². The number of ether oxygens (including phenoxy) is 1. The van der Waals surface area contributed by atoms with Gasteiger partial charge in [-0.1, -0.05) is 13.8 Å². The van der Waals surface area contributed by atoms with Gasteiger partial charge in [0.25, 0.3) is 0 Å². The quantitative estimate of drug-likeness (QED) is 0.843. The molecule has 21 heavy (non-hydrogen) atoms. The van der Waals surface area contributed by atoms with Gasteiger partial charge >= 0.3 is 0 Å². The SMILES string of the molecule is CC(C)(C(=O)c1ccc(OC2CC2)cc1)C1CCCNC1. The summed E-state index contributed by atoms with van der Waals surface area (Å²) < 4.78 is 5.74. The van der Waals surface area contributed by atoms with Gasteiger partial charge in [-0.25, -0.2) is 0 Å². The van der Waals surface area contributed by atoms with Crippen LogP contribution in [-0.4, -0.2) is 25.0 Å². The predicted molar refractivity (Wildman–Crippen MR) is 83.8 cm³/mol. The number of benzene rings is 1. The summed E-state index contributed by atoms with van der Waals surface area (Å²) in [6.07, 6.45) is 5.01. The second-order valence-corrected chi connectivity index (χ2v) is 6.94. The molecule has 1 unspecified atom stereocenters. The summed E-state index contributed by atoms with van der Waals surface area (Å²) in [4.78, 5) is 12.8. The predicted octanol–water partition coefficient (Wildman–Crippen LogP) is 3.44. The summed E-state index contributed by atoms with van der Waals surface area (Å²) in [5, 5.41) is 3.41. The maximum atomic E-state index is 12.8. The van der Waals surface area contributed by atoms with Crippen LogP contribution in [0.2, 0.25) is 0 Å². The molecule has 0 spiro atoms. The van der Waals surface area contributed by atoms with Gasteiger partial charge in [0.2, 0.25) is 0 Å². The molecular formula is C18H25NO2. The van der Waals surface area contributed by atoms with Crippen molar-refractivity contribution in [2.24, 2.45) is 11.3 Å². The Kier molecular flexibility index (Phi) is 4.03. The summed E-state index contributed by atoms with van der Waals surface area (Å²) in [5.74, 6) is 1.54. The molecule has 2 aliphatic rings. The zero-order valence-corrected chi connectivity index (χ0v) is 13.0. The number of nitrogens with one attached hydrogen (secondary N) is 1. The van der Waals surface area contributed by atoms with Crippen molar-refractivity contribution in [2.75, 3.05) is 13.1 Å². The molecular weight excluding hydrogens is 262 g/mol. The number of rotatable bonds is 5. The van der Waals surface area contributed by atoms with Crippen molar-refractivity contribution < 1.29 is 9.53 Å². The molecule has 1 N–H and O–H groups in total. The largest absolute Gasteiger partial charge is 0.490 e. The number of hydrogen-bond donors (Lipinski definition) is 1. The number of Topliss-reactive ketones (excluding diaryl/α,β-unsaturated/α-hetero) is 1. The van der Waals surface area contributed by atoms with E-state index < -0.39 is 0 Å². The fraction of sp³-hybridized carbons (Fsp3) is 0.611. The van der Waals surface area contributed by atoms with E-state index in [9.17, 15) is 4.79 Å². The first-order chi connectivity index (χ1) is 10.1. The van der Waals surface area contributed by atoms with Crippen LogP contribution in [-0.2, 0) is 0 Å². The molecule has 2 fully saturated rings. The topological polar surface area (TPSA) is 38.3 Å². The molecule has 1 saturated carbocycles. The highest BCUT2D eigenvalue weighted by molar-refractivity contribution is 6.00. The van der Waals surface area contributed by atoms with Gasteiger partial charge in [0, 0.05) is 11.0 Å². The molecule has 0 radical (unpaired) electrons.